The Bertz CT molecular complexity index is 1040. The molecule has 0 saturated carbocycles. The largest absolute Gasteiger partial charge is 0.504 e. The smallest absolute Gasteiger partial charge is 0.340 e. The lowest BCUT2D eigenvalue weighted by atomic mass is 10.0. The number of phenols is 2. The zero-order valence-corrected chi connectivity index (χ0v) is 14.6. The third-order valence-electron chi connectivity index (χ3n) is 4.42. The summed E-state index contributed by atoms with van der Waals surface area (Å²) in [6.07, 6.45) is -1.09. The van der Waals surface area contributed by atoms with Crippen LogP contribution in [0, 0.1) is 6.92 Å². The molecule has 140 valence electrons. The molecule has 4 N–H and O–H groups in total. The molecule has 1 heterocycles. The minimum absolute atomic E-state index is 0.00939. The van der Waals surface area contributed by atoms with Crippen LogP contribution in [0.5, 0.6) is 11.5 Å². The normalized spacial score (nSPS) is 12.1. The number of carbonyl (C=O) groups is 1. The Morgan fingerprint density at radius 2 is 1.85 bits per heavy atom. The van der Waals surface area contributed by atoms with E-state index >= 15 is 0 Å². The average molecular weight is 369 g/mol. The lowest BCUT2D eigenvalue weighted by Gasteiger charge is -2.13. The first kappa shape index (κ1) is 18.5. The van der Waals surface area contributed by atoms with E-state index in [1.165, 1.54) is 12.1 Å². The number of aryl methyl sites for hydroxylation is 1. The molecule has 0 aliphatic heterocycles. The lowest BCUT2D eigenvalue weighted by Crippen LogP contribution is -2.31. The van der Waals surface area contributed by atoms with Gasteiger partial charge < -0.3 is 25.1 Å². The van der Waals surface area contributed by atoms with E-state index in [0.29, 0.717) is 16.5 Å². The molecule has 1 atom stereocenters. The van der Waals surface area contributed by atoms with Gasteiger partial charge in [0.15, 0.2) is 11.3 Å². The molecule has 7 nitrogen and oxygen atoms in total. The van der Waals surface area contributed by atoms with E-state index < -0.39 is 29.1 Å². The number of benzene rings is 2. The fourth-order valence-corrected chi connectivity index (χ4v) is 2.86. The van der Waals surface area contributed by atoms with Crippen LogP contribution in [0.2, 0.25) is 0 Å². The summed E-state index contributed by atoms with van der Waals surface area (Å²) >= 11 is 0. The molecular weight excluding hydrogens is 350 g/mol. The van der Waals surface area contributed by atoms with E-state index in [1.54, 1.807) is 31.2 Å². The molecule has 0 saturated heterocycles. The second kappa shape index (κ2) is 7.51. The van der Waals surface area contributed by atoms with Gasteiger partial charge in [-0.25, -0.2) is 4.79 Å². The first-order chi connectivity index (χ1) is 12.9. The van der Waals surface area contributed by atoms with Gasteiger partial charge >= 0.3 is 5.63 Å². The zero-order chi connectivity index (χ0) is 19.6. The van der Waals surface area contributed by atoms with E-state index in [4.69, 9.17) is 4.42 Å². The molecule has 7 heteroatoms. The molecule has 0 fully saturated rings. The highest BCUT2D eigenvalue weighted by molar-refractivity contribution is 5.89. The summed E-state index contributed by atoms with van der Waals surface area (Å²) < 4.78 is 5.09. The molecule has 2 aromatic carbocycles. The summed E-state index contributed by atoms with van der Waals surface area (Å²) in [7, 11) is 0. The van der Waals surface area contributed by atoms with Crippen molar-refractivity contribution in [2.24, 2.45) is 0 Å². The van der Waals surface area contributed by atoms with Crippen LogP contribution in [-0.2, 0) is 11.2 Å². The number of phenolic OH excluding ortho intramolecular Hbond substituents is 2. The number of aliphatic hydroxyl groups excluding tert-OH is 1. The summed E-state index contributed by atoms with van der Waals surface area (Å²) in [5.41, 5.74) is 0.421. The van der Waals surface area contributed by atoms with Crippen LogP contribution in [0.3, 0.4) is 0 Å². The fourth-order valence-electron chi connectivity index (χ4n) is 2.86. The first-order valence-corrected chi connectivity index (χ1v) is 8.35. The maximum Gasteiger partial charge on any atom is 0.340 e. The number of aliphatic hydroxyl groups is 1. The molecule has 1 unspecified atom stereocenters. The van der Waals surface area contributed by atoms with Gasteiger partial charge in [0.25, 0.3) is 0 Å². The number of hydrogen-bond donors (Lipinski definition) is 4. The van der Waals surface area contributed by atoms with Gasteiger partial charge in [0.05, 0.1) is 18.1 Å². The maximum atomic E-state index is 12.2. The van der Waals surface area contributed by atoms with Gasteiger partial charge in [-0.2, -0.15) is 0 Å². The van der Waals surface area contributed by atoms with E-state index in [0.717, 1.165) is 0 Å². The molecule has 0 radical (unpaired) electrons. The Hall–Kier alpha value is -3.32. The predicted molar refractivity (Wildman–Crippen MR) is 98.7 cm³/mol. The van der Waals surface area contributed by atoms with Crippen molar-refractivity contribution < 1.29 is 24.5 Å². The second-order valence-electron chi connectivity index (χ2n) is 6.21. The molecule has 27 heavy (non-hydrogen) atoms. The number of amides is 1. The molecule has 1 aromatic heterocycles. The van der Waals surface area contributed by atoms with Crippen LogP contribution in [0.15, 0.2) is 51.7 Å². The number of rotatable bonds is 5. The average Bonchev–Trinajstić information content (AvgIpc) is 2.67. The number of carbonyl (C=O) groups excluding carboxylic acids is 1. The molecular formula is C20H19NO6. The summed E-state index contributed by atoms with van der Waals surface area (Å²) in [4.78, 5) is 24.4. The quantitative estimate of drug-likeness (QED) is 0.403. The molecule has 3 aromatic rings. The summed E-state index contributed by atoms with van der Waals surface area (Å²) in [5, 5.41) is 32.5. The van der Waals surface area contributed by atoms with E-state index in [-0.39, 0.29) is 24.1 Å². The molecule has 3 rings (SSSR count). The van der Waals surface area contributed by atoms with E-state index in [2.05, 4.69) is 5.32 Å². The van der Waals surface area contributed by atoms with Crippen LogP contribution in [-0.4, -0.2) is 27.8 Å². The number of hydrogen-bond acceptors (Lipinski definition) is 6. The van der Waals surface area contributed by atoms with Gasteiger partial charge in [-0.1, -0.05) is 30.3 Å². The van der Waals surface area contributed by atoms with Crippen molar-refractivity contribution in [3.63, 3.8) is 0 Å². The Balaban J connectivity index is 1.77. The zero-order valence-electron chi connectivity index (χ0n) is 14.6. The van der Waals surface area contributed by atoms with Gasteiger partial charge in [-0.05, 0) is 30.2 Å². The highest BCUT2D eigenvalue weighted by atomic mass is 16.4. The van der Waals surface area contributed by atoms with Crippen molar-refractivity contribution in [2.45, 2.75) is 19.4 Å². The Kier molecular flexibility index (Phi) is 5.14. The lowest BCUT2D eigenvalue weighted by molar-refractivity contribution is -0.120. The number of aromatic hydroxyl groups is 2. The molecule has 0 aliphatic rings. The van der Waals surface area contributed by atoms with Crippen LogP contribution < -0.4 is 10.9 Å². The molecule has 1 amide bonds. The first-order valence-electron chi connectivity index (χ1n) is 8.35. The minimum Gasteiger partial charge on any atom is -0.504 e. The van der Waals surface area contributed by atoms with Gasteiger partial charge in [0.1, 0.15) is 0 Å². The third kappa shape index (κ3) is 3.78. The van der Waals surface area contributed by atoms with E-state index in [9.17, 15) is 24.9 Å². The summed E-state index contributed by atoms with van der Waals surface area (Å²) in [6, 6.07) is 11.7. The van der Waals surface area contributed by atoms with Crippen LogP contribution in [0.4, 0.5) is 0 Å². The van der Waals surface area contributed by atoms with Crippen LogP contribution in [0.25, 0.3) is 11.0 Å². The predicted octanol–water partition coefficient (Wildman–Crippen LogP) is 1.90. The van der Waals surface area contributed by atoms with Crippen molar-refractivity contribution in [2.75, 3.05) is 6.54 Å². The Labute approximate surface area is 154 Å². The van der Waals surface area contributed by atoms with Gasteiger partial charge in [0, 0.05) is 11.9 Å². The van der Waals surface area contributed by atoms with Crippen molar-refractivity contribution >= 4 is 16.9 Å². The fraction of sp³-hybridized carbons (Fsp3) is 0.200. The third-order valence-corrected chi connectivity index (χ3v) is 4.42. The van der Waals surface area contributed by atoms with E-state index in [1.807, 2.05) is 6.07 Å². The summed E-state index contributed by atoms with van der Waals surface area (Å²) in [6.45, 7) is 1.65. The molecule has 0 spiro atoms. The molecule has 0 bridgehead atoms. The topological polar surface area (TPSA) is 120 Å². The highest BCUT2D eigenvalue weighted by Crippen LogP contribution is 2.34. The number of fused-ring (bicyclic) bond motifs is 1. The van der Waals surface area contributed by atoms with Crippen molar-refractivity contribution in [3.05, 3.63) is 69.6 Å². The Morgan fingerprint density at radius 1 is 1.15 bits per heavy atom. The highest BCUT2D eigenvalue weighted by Gasteiger charge is 2.18. The number of nitrogens with one attached hydrogen (secondary N) is 1. The monoisotopic (exact) mass is 369 g/mol. The van der Waals surface area contributed by atoms with Crippen LogP contribution >= 0.6 is 0 Å². The standard InChI is InChI=1S/C20H19NO6/c1-11-13-7-8-15(22)18(25)19(13)27-20(26)14(11)9-17(24)21-10-16(23)12-5-3-2-4-6-12/h2-8,16,22-23,25H,9-10H2,1H3,(H,21,24). The van der Waals surface area contributed by atoms with Crippen molar-refractivity contribution in [1.82, 2.24) is 5.32 Å². The van der Waals surface area contributed by atoms with Gasteiger partial charge in [0.2, 0.25) is 11.7 Å². The minimum atomic E-state index is -0.857. The SMILES string of the molecule is Cc1c(CC(=O)NCC(O)c2ccccc2)c(=O)oc2c(O)c(O)ccc12. The molecule has 0 aliphatic carbocycles. The van der Waals surface area contributed by atoms with Crippen LogP contribution in [0.1, 0.15) is 22.8 Å². The van der Waals surface area contributed by atoms with Crippen molar-refractivity contribution in [3.8, 4) is 11.5 Å². The maximum absolute atomic E-state index is 12.2. The van der Waals surface area contributed by atoms with Crippen molar-refractivity contribution in [1.29, 1.82) is 0 Å². The van der Waals surface area contributed by atoms with Gasteiger partial charge in [-0.15, -0.1) is 0 Å². The second-order valence-corrected chi connectivity index (χ2v) is 6.21. The van der Waals surface area contributed by atoms with Gasteiger partial charge in [-0.3, -0.25) is 4.79 Å². The Morgan fingerprint density at radius 3 is 2.56 bits per heavy atom. The summed E-state index contributed by atoms with van der Waals surface area (Å²) in [5.74, 6) is -1.36.